The number of alkyl carbamates (subject to hydrolysis) is 1. The number of hydrogen-bond acceptors (Lipinski definition) is 6. The summed E-state index contributed by atoms with van der Waals surface area (Å²) in [6.07, 6.45) is -0.0765. The number of ether oxygens (including phenoxy) is 2. The molecule has 0 fully saturated rings. The van der Waals surface area contributed by atoms with E-state index in [0.717, 1.165) is 22.3 Å². The Bertz CT molecular complexity index is 1150. The molecule has 3 rings (SSSR count). The number of hydrogen-bond donors (Lipinski definition) is 3. The number of esters is 1. The highest BCUT2D eigenvalue weighted by atomic mass is 16.5. The van der Waals surface area contributed by atoms with E-state index in [9.17, 15) is 19.2 Å². The van der Waals surface area contributed by atoms with Gasteiger partial charge in [0.05, 0.1) is 7.11 Å². The van der Waals surface area contributed by atoms with E-state index in [-0.39, 0.29) is 24.4 Å². The molecule has 0 aliphatic heterocycles. The van der Waals surface area contributed by atoms with Crippen molar-refractivity contribution < 1.29 is 28.7 Å². The Morgan fingerprint density at radius 3 is 1.85 bits per heavy atom. The molecule has 4 atom stereocenters. The highest BCUT2D eigenvalue weighted by molar-refractivity contribution is 5.93. The molecule has 0 aromatic heterocycles. The van der Waals surface area contributed by atoms with Crippen LogP contribution < -0.4 is 16.0 Å². The fourth-order valence-corrected chi connectivity index (χ4v) is 4.73. The van der Waals surface area contributed by atoms with Crippen molar-refractivity contribution in [2.75, 3.05) is 13.7 Å². The number of carbonyl (C=O) groups is 4. The third-order valence-electron chi connectivity index (χ3n) is 7.28. The van der Waals surface area contributed by atoms with Gasteiger partial charge in [0.2, 0.25) is 11.8 Å². The maximum atomic E-state index is 13.0. The summed E-state index contributed by atoms with van der Waals surface area (Å²) in [6.45, 7) is 8.95. The lowest BCUT2D eigenvalue weighted by Crippen LogP contribution is -2.57. The first kappa shape index (κ1) is 29.7. The van der Waals surface area contributed by atoms with Crippen LogP contribution in [0.1, 0.15) is 58.1 Å². The minimum absolute atomic E-state index is 0.102. The van der Waals surface area contributed by atoms with E-state index in [2.05, 4.69) is 28.1 Å². The van der Waals surface area contributed by atoms with Crippen molar-refractivity contribution in [3.05, 3.63) is 59.7 Å². The van der Waals surface area contributed by atoms with Crippen LogP contribution in [0.3, 0.4) is 0 Å². The number of benzene rings is 2. The van der Waals surface area contributed by atoms with Crippen molar-refractivity contribution in [1.82, 2.24) is 16.0 Å². The maximum Gasteiger partial charge on any atom is 0.407 e. The number of fused-ring (bicyclic) bond motifs is 3. The summed E-state index contributed by atoms with van der Waals surface area (Å²) in [4.78, 5) is 50.7. The Morgan fingerprint density at radius 1 is 0.795 bits per heavy atom. The topological polar surface area (TPSA) is 123 Å². The van der Waals surface area contributed by atoms with Crippen LogP contribution in [0.4, 0.5) is 4.79 Å². The molecule has 1 aliphatic rings. The van der Waals surface area contributed by atoms with Gasteiger partial charge in [-0.05, 0) is 41.0 Å². The summed E-state index contributed by atoms with van der Waals surface area (Å²) in [5.41, 5.74) is 4.42. The van der Waals surface area contributed by atoms with E-state index in [1.54, 1.807) is 13.8 Å². The van der Waals surface area contributed by atoms with Crippen molar-refractivity contribution in [2.24, 2.45) is 11.8 Å². The molecular formula is C30H39N3O6. The number of carbonyl (C=O) groups excluding carboxylic acids is 4. The fraction of sp³-hybridized carbons (Fsp3) is 0.467. The number of nitrogens with one attached hydrogen (secondary N) is 3. The third-order valence-corrected chi connectivity index (χ3v) is 7.28. The lowest BCUT2D eigenvalue weighted by atomic mass is 9.97. The first-order chi connectivity index (χ1) is 18.6. The van der Waals surface area contributed by atoms with Gasteiger partial charge in [0.25, 0.3) is 0 Å². The Balaban J connectivity index is 1.58. The zero-order valence-electron chi connectivity index (χ0n) is 23.4. The van der Waals surface area contributed by atoms with Gasteiger partial charge >= 0.3 is 12.1 Å². The molecule has 0 bridgehead atoms. The van der Waals surface area contributed by atoms with Gasteiger partial charge in [-0.3, -0.25) is 9.59 Å². The minimum Gasteiger partial charge on any atom is -0.467 e. The van der Waals surface area contributed by atoms with Crippen LogP contribution in [0.5, 0.6) is 0 Å². The van der Waals surface area contributed by atoms with Crippen molar-refractivity contribution in [2.45, 2.75) is 65.1 Å². The molecule has 0 radical (unpaired) electrons. The highest BCUT2D eigenvalue weighted by Gasteiger charge is 2.33. The molecular weight excluding hydrogens is 498 g/mol. The molecule has 1 aliphatic carbocycles. The molecule has 3 amide bonds. The lowest BCUT2D eigenvalue weighted by molar-refractivity contribution is -0.147. The largest absolute Gasteiger partial charge is 0.467 e. The summed E-state index contributed by atoms with van der Waals surface area (Å²) in [5, 5.41) is 7.95. The SMILES string of the molecule is CC[C@H](C)[C@H](NC(=O)[C@@H](NC(=O)[C@H](C)NC(=O)OCC1c2ccccc2-c2ccccc21)C(C)C)C(=O)OC. The van der Waals surface area contributed by atoms with Gasteiger partial charge in [-0.25, -0.2) is 9.59 Å². The van der Waals surface area contributed by atoms with Gasteiger partial charge in [-0.15, -0.1) is 0 Å². The van der Waals surface area contributed by atoms with Crippen LogP contribution in [-0.4, -0.2) is 55.7 Å². The van der Waals surface area contributed by atoms with Crippen molar-refractivity contribution in [1.29, 1.82) is 0 Å². The molecule has 0 spiro atoms. The Kier molecular flexibility index (Phi) is 10.1. The molecule has 39 heavy (non-hydrogen) atoms. The molecule has 0 saturated heterocycles. The monoisotopic (exact) mass is 537 g/mol. The van der Waals surface area contributed by atoms with Crippen LogP contribution in [0.25, 0.3) is 11.1 Å². The number of rotatable bonds is 11. The van der Waals surface area contributed by atoms with Gasteiger partial charge in [-0.1, -0.05) is 82.6 Å². The number of amides is 3. The average molecular weight is 538 g/mol. The van der Waals surface area contributed by atoms with Crippen molar-refractivity contribution in [3.8, 4) is 11.1 Å². The Hall–Kier alpha value is -3.88. The molecule has 9 heteroatoms. The zero-order chi connectivity index (χ0) is 28.7. The molecule has 9 nitrogen and oxygen atoms in total. The fourth-order valence-electron chi connectivity index (χ4n) is 4.73. The molecule has 0 saturated carbocycles. The quantitative estimate of drug-likeness (QED) is 0.375. The second kappa shape index (κ2) is 13.3. The normalized spacial score (nSPS) is 15.3. The number of methoxy groups -OCH3 is 1. The van der Waals surface area contributed by atoms with Gasteiger partial charge in [0.15, 0.2) is 0 Å². The predicted octanol–water partition coefficient (Wildman–Crippen LogP) is 3.76. The van der Waals surface area contributed by atoms with Crippen LogP contribution in [0, 0.1) is 11.8 Å². The second-order valence-electron chi connectivity index (χ2n) is 10.3. The molecule has 210 valence electrons. The molecule has 0 heterocycles. The van der Waals surface area contributed by atoms with Crippen LogP contribution >= 0.6 is 0 Å². The smallest absolute Gasteiger partial charge is 0.407 e. The van der Waals surface area contributed by atoms with Crippen LogP contribution in [0.2, 0.25) is 0 Å². The van der Waals surface area contributed by atoms with Crippen LogP contribution in [-0.2, 0) is 23.9 Å². The van der Waals surface area contributed by atoms with Gasteiger partial charge < -0.3 is 25.4 Å². The van der Waals surface area contributed by atoms with Crippen molar-refractivity contribution in [3.63, 3.8) is 0 Å². The van der Waals surface area contributed by atoms with E-state index in [1.807, 2.05) is 50.2 Å². The van der Waals surface area contributed by atoms with E-state index in [4.69, 9.17) is 9.47 Å². The zero-order valence-corrected chi connectivity index (χ0v) is 23.4. The summed E-state index contributed by atoms with van der Waals surface area (Å²) in [5.74, 6) is -2.12. The van der Waals surface area contributed by atoms with E-state index < -0.39 is 42.0 Å². The van der Waals surface area contributed by atoms with Gasteiger partial charge in [-0.2, -0.15) is 0 Å². The van der Waals surface area contributed by atoms with E-state index in [0.29, 0.717) is 6.42 Å². The average Bonchev–Trinajstić information content (AvgIpc) is 3.25. The first-order valence-electron chi connectivity index (χ1n) is 13.4. The highest BCUT2D eigenvalue weighted by Crippen LogP contribution is 2.44. The summed E-state index contributed by atoms with van der Waals surface area (Å²) < 4.78 is 10.4. The first-order valence-corrected chi connectivity index (χ1v) is 13.4. The lowest BCUT2D eigenvalue weighted by Gasteiger charge is -2.28. The molecule has 0 unspecified atom stereocenters. The summed E-state index contributed by atoms with van der Waals surface area (Å²) in [7, 11) is 1.27. The second-order valence-corrected chi connectivity index (χ2v) is 10.3. The van der Waals surface area contributed by atoms with Crippen molar-refractivity contribution >= 4 is 23.9 Å². The maximum absolute atomic E-state index is 13.0. The standard InChI is InChI=1S/C30H39N3O6/c1-7-18(4)26(29(36)38-6)33-28(35)25(17(2)3)32-27(34)19(5)31-30(37)39-16-24-22-14-10-8-12-20(22)21-13-9-11-15-23(21)24/h8-15,17-19,24-26H,7,16H2,1-6H3,(H,31,37)(H,32,34)(H,33,35)/t18-,19-,25-,26-/m0/s1. The van der Waals surface area contributed by atoms with Gasteiger partial charge in [0, 0.05) is 5.92 Å². The molecule has 2 aromatic rings. The molecule has 2 aromatic carbocycles. The summed E-state index contributed by atoms with van der Waals surface area (Å²) in [6, 6.07) is 13.3. The summed E-state index contributed by atoms with van der Waals surface area (Å²) >= 11 is 0. The van der Waals surface area contributed by atoms with E-state index in [1.165, 1.54) is 14.0 Å². The third kappa shape index (κ3) is 6.96. The minimum atomic E-state index is -0.958. The Labute approximate surface area is 230 Å². The molecule has 3 N–H and O–H groups in total. The van der Waals surface area contributed by atoms with Crippen LogP contribution in [0.15, 0.2) is 48.5 Å². The van der Waals surface area contributed by atoms with Gasteiger partial charge in [0.1, 0.15) is 24.7 Å². The van der Waals surface area contributed by atoms with E-state index >= 15 is 0 Å². The predicted molar refractivity (Wildman–Crippen MR) is 148 cm³/mol. The Morgan fingerprint density at radius 2 is 1.33 bits per heavy atom.